The molecule has 3 heterocycles. The van der Waals surface area contributed by atoms with E-state index in [0.717, 1.165) is 30.5 Å². The van der Waals surface area contributed by atoms with Gasteiger partial charge >= 0.3 is 0 Å². The second-order valence-corrected chi connectivity index (χ2v) is 11.0. The van der Waals surface area contributed by atoms with Crippen LogP contribution in [-0.2, 0) is 4.74 Å². The van der Waals surface area contributed by atoms with Gasteiger partial charge in [-0.1, -0.05) is 43.2 Å². The van der Waals surface area contributed by atoms with Gasteiger partial charge in [0, 0.05) is 50.8 Å². The molecule has 2 aliphatic heterocycles. The fourth-order valence-electron chi connectivity index (χ4n) is 6.36. The van der Waals surface area contributed by atoms with Gasteiger partial charge in [0.05, 0.1) is 31.3 Å². The van der Waals surface area contributed by atoms with E-state index in [4.69, 9.17) is 23.9 Å². The van der Waals surface area contributed by atoms with Gasteiger partial charge in [-0.05, 0) is 25.0 Å². The van der Waals surface area contributed by atoms with Crippen molar-refractivity contribution < 1.29 is 28.8 Å². The van der Waals surface area contributed by atoms with E-state index in [1.54, 1.807) is 13.4 Å². The number of carbonyl (C=O) groups is 1. The molecule has 11 heteroatoms. The summed E-state index contributed by atoms with van der Waals surface area (Å²) in [5, 5.41) is 15.1. The molecular formula is C31H39ClN4O6. The molecule has 0 spiro atoms. The van der Waals surface area contributed by atoms with Crippen molar-refractivity contribution in [2.75, 3.05) is 46.8 Å². The molecule has 2 aromatic carbocycles. The first-order chi connectivity index (χ1) is 20.1. The zero-order valence-electron chi connectivity index (χ0n) is 23.9. The number of nitrogens with zero attached hydrogens (tertiary/aromatic N) is 3. The molecule has 10 nitrogen and oxygen atoms in total. The van der Waals surface area contributed by atoms with Gasteiger partial charge in [0.15, 0.2) is 17.2 Å². The van der Waals surface area contributed by atoms with Crippen molar-refractivity contribution in [3.63, 3.8) is 0 Å². The smallest absolute Gasteiger partial charge is 0.275 e. The van der Waals surface area contributed by atoms with Crippen LogP contribution in [0.15, 0.2) is 54.9 Å². The monoisotopic (exact) mass is 598 g/mol. The number of piperazine rings is 1. The van der Waals surface area contributed by atoms with Crippen LogP contribution >= 0.6 is 12.4 Å². The maximum absolute atomic E-state index is 14.2. The van der Waals surface area contributed by atoms with Crippen LogP contribution in [0.2, 0.25) is 0 Å². The number of methoxy groups -OCH3 is 1. The standard InChI is InChI=1S/C31H38N4O6.ClH/c1-38-19-31(37)13-6-5-9-27(31)35-20-33-28(29(35)22-7-3-2-4-8-22)30(36)34-15-14-32-18-23(34)12-16-39-24-10-11-25-26(17-24)41-21-40-25;/h2-4,7-8,10-11,17,20,23,27,32,37H,5-6,9,12-16,18-19,21H2,1H3;1H/t23-,27-,31-;/m1./s1. The molecular weight excluding hydrogens is 560 g/mol. The van der Waals surface area contributed by atoms with Crippen LogP contribution in [0, 0.1) is 0 Å². The third-order valence-electron chi connectivity index (χ3n) is 8.41. The van der Waals surface area contributed by atoms with Gasteiger partial charge in [-0.3, -0.25) is 4.79 Å². The zero-order valence-corrected chi connectivity index (χ0v) is 24.7. The number of ether oxygens (including phenoxy) is 4. The topological polar surface area (TPSA) is 107 Å². The fourth-order valence-corrected chi connectivity index (χ4v) is 6.36. The normalized spacial score (nSPS) is 23.3. The minimum atomic E-state index is -1.03. The van der Waals surface area contributed by atoms with Crippen molar-refractivity contribution in [3.8, 4) is 28.5 Å². The third-order valence-corrected chi connectivity index (χ3v) is 8.41. The van der Waals surface area contributed by atoms with E-state index in [0.29, 0.717) is 62.0 Å². The number of carbonyl (C=O) groups excluding carboxylic acids is 1. The lowest BCUT2D eigenvalue weighted by molar-refractivity contribution is -0.0893. The molecule has 0 unspecified atom stereocenters. The highest BCUT2D eigenvalue weighted by atomic mass is 35.5. The van der Waals surface area contributed by atoms with Crippen LogP contribution in [0.25, 0.3) is 11.3 Å². The molecule has 226 valence electrons. The van der Waals surface area contributed by atoms with Crippen LogP contribution in [0.3, 0.4) is 0 Å². The molecule has 1 saturated heterocycles. The highest BCUT2D eigenvalue weighted by Gasteiger charge is 2.42. The van der Waals surface area contributed by atoms with Gasteiger partial charge < -0.3 is 38.8 Å². The molecule has 1 amide bonds. The summed E-state index contributed by atoms with van der Waals surface area (Å²) in [7, 11) is 1.62. The lowest BCUT2D eigenvalue weighted by atomic mass is 9.80. The Morgan fingerprint density at radius 1 is 1.17 bits per heavy atom. The van der Waals surface area contributed by atoms with Crippen LogP contribution in [-0.4, -0.2) is 83.9 Å². The van der Waals surface area contributed by atoms with E-state index in [1.807, 2.05) is 58.0 Å². The Balaban J connectivity index is 0.00000353. The average Bonchev–Trinajstić information content (AvgIpc) is 3.65. The Bertz CT molecular complexity index is 1350. The maximum Gasteiger partial charge on any atom is 0.275 e. The minimum absolute atomic E-state index is 0. The molecule has 2 fully saturated rings. The first-order valence-electron chi connectivity index (χ1n) is 14.4. The maximum atomic E-state index is 14.2. The molecule has 0 bridgehead atoms. The number of aromatic nitrogens is 2. The van der Waals surface area contributed by atoms with Crippen molar-refractivity contribution in [3.05, 3.63) is 60.6 Å². The number of aliphatic hydroxyl groups is 1. The summed E-state index contributed by atoms with van der Waals surface area (Å²) in [5.74, 6) is 1.99. The number of halogens is 1. The molecule has 0 radical (unpaired) electrons. The third kappa shape index (κ3) is 6.08. The van der Waals surface area contributed by atoms with E-state index >= 15 is 0 Å². The number of fused-ring (bicyclic) bond motifs is 1. The number of hydrogen-bond donors (Lipinski definition) is 2. The first-order valence-corrected chi connectivity index (χ1v) is 14.4. The second kappa shape index (κ2) is 13.3. The molecule has 1 aromatic heterocycles. The predicted octanol–water partition coefficient (Wildman–Crippen LogP) is 4.08. The van der Waals surface area contributed by atoms with E-state index in [2.05, 4.69) is 5.32 Å². The van der Waals surface area contributed by atoms with E-state index in [-0.39, 0.29) is 43.8 Å². The molecule has 6 rings (SSSR count). The second-order valence-electron chi connectivity index (χ2n) is 11.0. The van der Waals surface area contributed by atoms with Gasteiger partial charge in [0.25, 0.3) is 5.91 Å². The summed E-state index contributed by atoms with van der Waals surface area (Å²) in [4.78, 5) is 20.8. The summed E-state index contributed by atoms with van der Waals surface area (Å²) < 4.78 is 24.3. The Kier molecular flexibility index (Phi) is 9.57. The number of nitrogens with one attached hydrogen (secondary N) is 1. The largest absolute Gasteiger partial charge is 0.493 e. The van der Waals surface area contributed by atoms with Crippen molar-refractivity contribution in [1.29, 1.82) is 0 Å². The molecule has 2 N–H and O–H groups in total. The highest BCUT2D eigenvalue weighted by molar-refractivity contribution is 5.98. The number of hydrogen-bond acceptors (Lipinski definition) is 8. The molecule has 3 aliphatic rings. The molecule has 1 saturated carbocycles. The minimum Gasteiger partial charge on any atom is -0.493 e. The zero-order chi connectivity index (χ0) is 28.2. The Morgan fingerprint density at radius 3 is 2.83 bits per heavy atom. The van der Waals surface area contributed by atoms with Crippen molar-refractivity contribution in [2.45, 2.75) is 49.8 Å². The Hall–Kier alpha value is -3.31. The number of amides is 1. The van der Waals surface area contributed by atoms with Crippen LogP contribution in [0.4, 0.5) is 0 Å². The SMILES string of the molecule is COC[C@]1(O)CCCC[C@H]1n1cnc(C(=O)N2CCNC[C@H]2CCOc2ccc3c(c2)OCO3)c1-c1ccccc1.Cl. The van der Waals surface area contributed by atoms with E-state index in [9.17, 15) is 9.90 Å². The summed E-state index contributed by atoms with van der Waals surface area (Å²) in [6, 6.07) is 15.1. The quantitative estimate of drug-likeness (QED) is 0.380. The predicted molar refractivity (Wildman–Crippen MR) is 160 cm³/mol. The summed E-state index contributed by atoms with van der Waals surface area (Å²) >= 11 is 0. The van der Waals surface area contributed by atoms with Crippen molar-refractivity contribution in [1.82, 2.24) is 19.8 Å². The van der Waals surface area contributed by atoms with Gasteiger partial charge in [-0.2, -0.15) is 0 Å². The number of rotatable bonds is 9. The van der Waals surface area contributed by atoms with Crippen LogP contribution < -0.4 is 19.5 Å². The van der Waals surface area contributed by atoms with Crippen LogP contribution in [0.1, 0.15) is 48.6 Å². The molecule has 42 heavy (non-hydrogen) atoms. The Morgan fingerprint density at radius 2 is 2.00 bits per heavy atom. The summed E-state index contributed by atoms with van der Waals surface area (Å²) in [6.07, 6.45) is 5.75. The lowest BCUT2D eigenvalue weighted by Gasteiger charge is -2.41. The van der Waals surface area contributed by atoms with Crippen molar-refractivity contribution >= 4 is 18.3 Å². The number of benzene rings is 2. The first kappa shape index (κ1) is 30.2. The van der Waals surface area contributed by atoms with Gasteiger partial charge in [0.2, 0.25) is 6.79 Å². The molecule has 1 aliphatic carbocycles. The van der Waals surface area contributed by atoms with Gasteiger partial charge in [-0.15, -0.1) is 12.4 Å². The number of imidazole rings is 1. The Labute approximate surface area is 252 Å². The highest BCUT2D eigenvalue weighted by Crippen LogP contribution is 2.41. The van der Waals surface area contributed by atoms with Crippen molar-refractivity contribution in [2.24, 2.45) is 0 Å². The molecule has 3 atom stereocenters. The van der Waals surface area contributed by atoms with E-state index in [1.165, 1.54) is 0 Å². The van der Waals surface area contributed by atoms with E-state index < -0.39 is 5.60 Å². The van der Waals surface area contributed by atoms with Gasteiger partial charge in [-0.25, -0.2) is 4.98 Å². The summed E-state index contributed by atoms with van der Waals surface area (Å²) in [6.45, 7) is 2.86. The summed E-state index contributed by atoms with van der Waals surface area (Å²) in [5.41, 5.74) is 1.02. The van der Waals surface area contributed by atoms with Gasteiger partial charge in [0.1, 0.15) is 11.4 Å². The lowest BCUT2D eigenvalue weighted by Crippen LogP contribution is -2.54. The molecule has 3 aromatic rings. The average molecular weight is 599 g/mol. The van der Waals surface area contributed by atoms with Crippen LogP contribution in [0.5, 0.6) is 17.2 Å². The fraction of sp³-hybridized carbons (Fsp3) is 0.484.